The maximum atomic E-state index is 12.4. The molecule has 4 heteroatoms. The SMILES string of the molecule is CCC(C)c1ccc(C(CC)NC(=O)c2ccn(CC)n2)cc1. The minimum Gasteiger partial charge on any atom is -0.344 e. The Balaban J connectivity index is 2.08. The summed E-state index contributed by atoms with van der Waals surface area (Å²) in [6.45, 7) is 9.28. The number of benzene rings is 1. The first-order valence-corrected chi connectivity index (χ1v) is 8.53. The van der Waals surface area contributed by atoms with E-state index >= 15 is 0 Å². The number of carbonyl (C=O) groups excluding carboxylic acids is 1. The zero-order valence-corrected chi connectivity index (χ0v) is 14.5. The fraction of sp³-hybridized carbons (Fsp3) is 0.474. The summed E-state index contributed by atoms with van der Waals surface area (Å²) in [7, 11) is 0. The van der Waals surface area contributed by atoms with Crippen LogP contribution in [0, 0.1) is 0 Å². The summed E-state index contributed by atoms with van der Waals surface area (Å²) in [5.74, 6) is 0.451. The molecule has 0 bridgehead atoms. The highest BCUT2D eigenvalue weighted by Crippen LogP contribution is 2.23. The minimum atomic E-state index is -0.116. The van der Waals surface area contributed by atoms with Crippen LogP contribution in [0.4, 0.5) is 0 Å². The lowest BCUT2D eigenvalue weighted by Gasteiger charge is -2.18. The van der Waals surface area contributed by atoms with Gasteiger partial charge in [-0.1, -0.05) is 45.0 Å². The Labute approximate surface area is 138 Å². The molecule has 0 aliphatic heterocycles. The molecule has 23 heavy (non-hydrogen) atoms. The molecule has 4 nitrogen and oxygen atoms in total. The molecule has 0 fully saturated rings. The van der Waals surface area contributed by atoms with E-state index in [-0.39, 0.29) is 11.9 Å². The molecule has 1 aromatic heterocycles. The Morgan fingerprint density at radius 3 is 2.26 bits per heavy atom. The Morgan fingerprint density at radius 2 is 1.74 bits per heavy atom. The first kappa shape index (κ1) is 17.3. The van der Waals surface area contributed by atoms with Crippen LogP contribution in [0.15, 0.2) is 36.5 Å². The van der Waals surface area contributed by atoms with Gasteiger partial charge in [-0.15, -0.1) is 0 Å². The second-order valence-electron chi connectivity index (χ2n) is 5.97. The van der Waals surface area contributed by atoms with Gasteiger partial charge in [0.2, 0.25) is 0 Å². The van der Waals surface area contributed by atoms with Gasteiger partial charge in [0.15, 0.2) is 0 Å². The molecule has 1 heterocycles. The molecule has 124 valence electrons. The van der Waals surface area contributed by atoms with E-state index in [4.69, 9.17) is 0 Å². The van der Waals surface area contributed by atoms with Crippen molar-refractivity contribution in [2.75, 3.05) is 0 Å². The molecule has 1 N–H and O–H groups in total. The van der Waals surface area contributed by atoms with Crippen LogP contribution in [0.25, 0.3) is 0 Å². The Morgan fingerprint density at radius 1 is 1.09 bits per heavy atom. The molecule has 2 rings (SSSR count). The van der Waals surface area contributed by atoms with E-state index in [0.717, 1.165) is 24.9 Å². The molecule has 0 radical (unpaired) electrons. The van der Waals surface area contributed by atoms with Gasteiger partial charge in [-0.25, -0.2) is 0 Å². The van der Waals surface area contributed by atoms with Crippen molar-refractivity contribution in [1.82, 2.24) is 15.1 Å². The largest absolute Gasteiger partial charge is 0.344 e. The standard InChI is InChI=1S/C19H27N3O/c1-5-14(4)15-8-10-16(11-9-15)17(6-2)20-19(23)18-12-13-22(7-3)21-18/h8-14,17H,5-7H2,1-4H3,(H,20,23). The number of amides is 1. The highest BCUT2D eigenvalue weighted by Gasteiger charge is 2.16. The van der Waals surface area contributed by atoms with Crippen LogP contribution < -0.4 is 5.32 Å². The fourth-order valence-electron chi connectivity index (χ4n) is 2.60. The molecule has 2 atom stereocenters. The van der Waals surface area contributed by atoms with Crippen molar-refractivity contribution in [3.05, 3.63) is 53.3 Å². The van der Waals surface area contributed by atoms with E-state index < -0.39 is 0 Å². The number of nitrogens with zero attached hydrogens (tertiary/aromatic N) is 2. The average molecular weight is 313 g/mol. The fourth-order valence-corrected chi connectivity index (χ4v) is 2.60. The number of hydrogen-bond donors (Lipinski definition) is 1. The number of aromatic nitrogens is 2. The monoisotopic (exact) mass is 313 g/mol. The van der Waals surface area contributed by atoms with E-state index in [1.807, 2.05) is 13.1 Å². The summed E-state index contributed by atoms with van der Waals surface area (Å²) in [6, 6.07) is 10.4. The van der Waals surface area contributed by atoms with Crippen molar-refractivity contribution in [2.24, 2.45) is 0 Å². The van der Waals surface area contributed by atoms with Crippen molar-refractivity contribution < 1.29 is 4.79 Å². The lowest BCUT2D eigenvalue weighted by atomic mass is 9.95. The van der Waals surface area contributed by atoms with Gasteiger partial charge in [0.1, 0.15) is 5.69 Å². The topological polar surface area (TPSA) is 46.9 Å². The quantitative estimate of drug-likeness (QED) is 0.828. The van der Waals surface area contributed by atoms with Crippen LogP contribution >= 0.6 is 0 Å². The second-order valence-corrected chi connectivity index (χ2v) is 5.97. The van der Waals surface area contributed by atoms with Gasteiger partial charge in [-0.05, 0) is 42.9 Å². The number of nitrogens with one attached hydrogen (secondary N) is 1. The van der Waals surface area contributed by atoms with Gasteiger partial charge >= 0.3 is 0 Å². The average Bonchev–Trinajstić information content (AvgIpc) is 3.08. The highest BCUT2D eigenvalue weighted by molar-refractivity contribution is 5.92. The Kier molecular flexibility index (Phi) is 5.97. The van der Waals surface area contributed by atoms with Gasteiger partial charge in [-0.2, -0.15) is 5.10 Å². The number of aryl methyl sites for hydroxylation is 1. The molecule has 1 aromatic carbocycles. The Hall–Kier alpha value is -2.10. The molecule has 1 amide bonds. The highest BCUT2D eigenvalue weighted by atomic mass is 16.2. The summed E-state index contributed by atoms with van der Waals surface area (Å²) in [6.07, 6.45) is 3.81. The van der Waals surface area contributed by atoms with Crippen LogP contribution in [0.5, 0.6) is 0 Å². The zero-order chi connectivity index (χ0) is 16.8. The molecule has 2 unspecified atom stereocenters. The van der Waals surface area contributed by atoms with Crippen molar-refractivity contribution in [1.29, 1.82) is 0 Å². The Bertz CT molecular complexity index is 630. The molecule has 0 aliphatic carbocycles. The van der Waals surface area contributed by atoms with Crippen LogP contribution in [0.2, 0.25) is 0 Å². The summed E-state index contributed by atoms with van der Waals surface area (Å²) >= 11 is 0. The molecule has 0 aliphatic rings. The van der Waals surface area contributed by atoms with Crippen LogP contribution in [0.3, 0.4) is 0 Å². The summed E-state index contributed by atoms with van der Waals surface area (Å²) in [5, 5.41) is 7.35. The van der Waals surface area contributed by atoms with Crippen molar-refractivity contribution in [3.63, 3.8) is 0 Å². The van der Waals surface area contributed by atoms with E-state index in [1.54, 1.807) is 10.7 Å². The van der Waals surface area contributed by atoms with Crippen molar-refractivity contribution in [2.45, 2.75) is 59.0 Å². The second kappa shape index (κ2) is 7.95. The third-order valence-corrected chi connectivity index (χ3v) is 4.43. The predicted octanol–water partition coefficient (Wildman–Crippen LogP) is 4.30. The third kappa shape index (κ3) is 4.21. The van der Waals surface area contributed by atoms with Gasteiger partial charge in [-0.3, -0.25) is 9.48 Å². The van der Waals surface area contributed by atoms with Crippen LogP contribution in [-0.4, -0.2) is 15.7 Å². The maximum absolute atomic E-state index is 12.4. The predicted molar refractivity (Wildman–Crippen MR) is 93.5 cm³/mol. The molecule has 0 saturated heterocycles. The van der Waals surface area contributed by atoms with Gasteiger partial charge in [0.05, 0.1) is 6.04 Å². The van der Waals surface area contributed by atoms with E-state index in [0.29, 0.717) is 11.6 Å². The van der Waals surface area contributed by atoms with E-state index in [2.05, 4.69) is 55.5 Å². The first-order valence-electron chi connectivity index (χ1n) is 8.53. The van der Waals surface area contributed by atoms with Gasteiger partial charge in [0, 0.05) is 12.7 Å². The maximum Gasteiger partial charge on any atom is 0.272 e. The summed E-state index contributed by atoms with van der Waals surface area (Å²) in [5.41, 5.74) is 2.96. The number of carbonyl (C=O) groups is 1. The summed E-state index contributed by atoms with van der Waals surface area (Å²) < 4.78 is 1.76. The molecular formula is C19H27N3O. The molecule has 0 spiro atoms. The third-order valence-electron chi connectivity index (χ3n) is 4.43. The zero-order valence-electron chi connectivity index (χ0n) is 14.5. The lowest BCUT2D eigenvalue weighted by Crippen LogP contribution is -2.28. The van der Waals surface area contributed by atoms with E-state index in [1.165, 1.54) is 5.56 Å². The van der Waals surface area contributed by atoms with Gasteiger partial charge < -0.3 is 5.32 Å². The first-order chi connectivity index (χ1) is 11.1. The number of rotatable bonds is 7. The minimum absolute atomic E-state index is 0.0141. The molecule has 0 saturated carbocycles. The normalized spacial score (nSPS) is 13.6. The van der Waals surface area contributed by atoms with Crippen LogP contribution in [0.1, 0.15) is 74.1 Å². The summed E-state index contributed by atoms with van der Waals surface area (Å²) in [4.78, 5) is 12.4. The number of hydrogen-bond acceptors (Lipinski definition) is 2. The lowest BCUT2D eigenvalue weighted by molar-refractivity contribution is 0.0929. The van der Waals surface area contributed by atoms with Crippen molar-refractivity contribution >= 4 is 5.91 Å². The van der Waals surface area contributed by atoms with E-state index in [9.17, 15) is 4.79 Å². The molecule has 2 aromatic rings. The van der Waals surface area contributed by atoms with Crippen LogP contribution in [-0.2, 0) is 6.54 Å². The smallest absolute Gasteiger partial charge is 0.272 e. The van der Waals surface area contributed by atoms with Crippen molar-refractivity contribution in [3.8, 4) is 0 Å². The molecular weight excluding hydrogens is 286 g/mol. The van der Waals surface area contributed by atoms with Gasteiger partial charge in [0.25, 0.3) is 5.91 Å².